The van der Waals surface area contributed by atoms with Crippen molar-refractivity contribution in [2.45, 2.75) is 31.0 Å². The van der Waals surface area contributed by atoms with Gasteiger partial charge in [0.2, 0.25) is 5.95 Å². The van der Waals surface area contributed by atoms with E-state index in [1.54, 1.807) is 30.7 Å². The SMILES string of the molecule is Nc1nccc(-c2c(-c3ccc(F)cc3)ncn2C2CCN(CC#C[C@](O)(Cn3cncn3)c3ccc(F)cc3F)CC2)n1. The van der Waals surface area contributed by atoms with E-state index in [9.17, 15) is 18.3 Å². The fraction of sp³-hybridized carbons (Fsp3) is 0.258. The summed E-state index contributed by atoms with van der Waals surface area (Å²) in [5.41, 5.74) is 6.60. The van der Waals surface area contributed by atoms with Crippen LogP contribution in [0.2, 0.25) is 0 Å². The number of halogens is 3. The predicted octanol–water partition coefficient (Wildman–Crippen LogP) is 3.83. The number of likely N-dealkylation sites (tertiary alicyclic amines) is 1. The average Bonchev–Trinajstić information content (AvgIpc) is 3.68. The van der Waals surface area contributed by atoms with Crippen molar-refractivity contribution in [3.05, 3.63) is 96.7 Å². The molecule has 0 unspecified atom stereocenters. The van der Waals surface area contributed by atoms with Gasteiger partial charge in [0.05, 0.1) is 36.5 Å². The first-order valence-electron chi connectivity index (χ1n) is 13.9. The van der Waals surface area contributed by atoms with Gasteiger partial charge in [0.25, 0.3) is 0 Å². The number of nitrogen functional groups attached to an aromatic ring is 1. The molecule has 0 saturated carbocycles. The molecule has 0 bridgehead atoms. The van der Waals surface area contributed by atoms with Gasteiger partial charge in [-0.1, -0.05) is 11.8 Å². The molecule has 1 fully saturated rings. The number of rotatable bonds is 7. The highest BCUT2D eigenvalue weighted by Crippen LogP contribution is 2.35. The summed E-state index contributed by atoms with van der Waals surface area (Å²) in [7, 11) is 0. The van der Waals surface area contributed by atoms with Crippen LogP contribution in [-0.4, -0.2) is 63.9 Å². The second-order valence-corrected chi connectivity index (χ2v) is 10.5. The van der Waals surface area contributed by atoms with Crippen molar-refractivity contribution < 1.29 is 18.3 Å². The fourth-order valence-corrected chi connectivity index (χ4v) is 5.44. The van der Waals surface area contributed by atoms with Crippen LogP contribution in [0.15, 0.2) is 73.7 Å². The second-order valence-electron chi connectivity index (χ2n) is 10.5. The van der Waals surface area contributed by atoms with E-state index in [0.29, 0.717) is 31.0 Å². The lowest BCUT2D eigenvalue weighted by molar-refractivity contribution is 0.0717. The first-order valence-corrected chi connectivity index (χ1v) is 13.9. The average molecular weight is 600 g/mol. The minimum absolute atomic E-state index is 0.0876. The third kappa shape index (κ3) is 6.17. The number of imidazole rings is 1. The maximum Gasteiger partial charge on any atom is 0.220 e. The molecule has 6 rings (SSSR count). The number of nitrogens with zero attached hydrogens (tertiary/aromatic N) is 8. The molecule has 2 aromatic carbocycles. The van der Waals surface area contributed by atoms with Gasteiger partial charge < -0.3 is 15.4 Å². The molecule has 1 aliphatic heterocycles. The lowest BCUT2D eigenvalue weighted by Gasteiger charge is -2.32. The van der Waals surface area contributed by atoms with Crippen LogP contribution in [0.5, 0.6) is 0 Å². The molecule has 13 heteroatoms. The summed E-state index contributed by atoms with van der Waals surface area (Å²) in [5, 5.41) is 15.4. The Labute approximate surface area is 251 Å². The first kappa shape index (κ1) is 29.0. The van der Waals surface area contributed by atoms with E-state index >= 15 is 0 Å². The van der Waals surface area contributed by atoms with E-state index in [4.69, 9.17) is 5.73 Å². The highest BCUT2D eigenvalue weighted by atomic mass is 19.1. The lowest BCUT2D eigenvalue weighted by atomic mass is 9.93. The Kier molecular flexibility index (Phi) is 8.10. The fourth-order valence-electron chi connectivity index (χ4n) is 5.44. The number of anilines is 1. The van der Waals surface area contributed by atoms with E-state index < -0.39 is 17.2 Å². The lowest BCUT2D eigenvalue weighted by Crippen LogP contribution is -2.35. The smallest absolute Gasteiger partial charge is 0.220 e. The van der Waals surface area contributed by atoms with E-state index in [1.165, 1.54) is 35.5 Å². The molecule has 10 nitrogen and oxygen atoms in total. The number of benzene rings is 2. The summed E-state index contributed by atoms with van der Waals surface area (Å²) in [5.74, 6) is 3.96. The Balaban J connectivity index is 1.20. The van der Waals surface area contributed by atoms with Gasteiger partial charge in [-0.05, 0) is 55.3 Å². The minimum Gasteiger partial charge on any atom is -0.371 e. The zero-order valence-electron chi connectivity index (χ0n) is 23.5. The van der Waals surface area contributed by atoms with Crippen LogP contribution < -0.4 is 5.73 Å². The minimum atomic E-state index is -1.95. The summed E-state index contributed by atoms with van der Waals surface area (Å²) in [4.78, 5) is 19.1. The molecule has 1 atom stereocenters. The molecule has 0 amide bonds. The van der Waals surface area contributed by atoms with E-state index in [1.807, 2.05) is 0 Å². The van der Waals surface area contributed by atoms with Crippen molar-refractivity contribution in [2.75, 3.05) is 25.4 Å². The highest BCUT2D eigenvalue weighted by Gasteiger charge is 2.32. The van der Waals surface area contributed by atoms with Crippen molar-refractivity contribution in [3.63, 3.8) is 0 Å². The van der Waals surface area contributed by atoms with Gasteiger partial charge in [0, 0.05) is 42.5 Å². The molecule has 44 heavy (non-hydrogen) atoms. The standard InChI is InChI=1S/C31H28F3N9O/c32-22-4-2-21(3-5-22)28-29(27-8-12-37-30(35)40-27)43(20-38-28)24-9-14-41(15-10-24)13-1-11-31(44,17-42-19-36-18-39-42)25-7-6-23(33)16-26(25)34/h2-8,12,16,18-20,24,44H,9-10,13-15,17H2,(H2,35,37,40)/t31-/m0/s1. The highest BCUT2D eigenvalue weighted by molar-refractivity contribution is 5.77. The van der Waals surface area contributed by atoms with Crippen molar-refractivity contribution in [1.82, 2.24) is 39.2 Å². The Hall–Kier alpha value is -5.06. The summed E-state index contributed by atoms with van der Waals surface area (Å²) in [6.45, 7) is 1.54. The van der Waals surface area contributed by atoms with E-state index in [-0.39, 0.29) is 29.9 Å². The summed E-state index contributed by atoms with van der Waals surface area (Å²) < 4.78 is 45.4. The van der Waals surface area contributed by atoms with Gasteiger partial charge in [-0.25, -0.2) is 37.8 Å². The normalized spacial score (nSPS) is 15.5. The maximum atomic E-state index is 14.7. The Morgan fingerprint density at radius 1 is 0.977 bits per heavy atom. The number of aromatic nitrogens is 7. The van der Waals surface area contributed by atoms with Gasteiger partial charge in [-0.2, -0.15) is 5.10 Å². The van der Waals surface area contributed by atoms with Gasteiger partial charge >= 0.3 is 0 Å². The summed E-state index contributed by atoms with van der Waals surface area (Å²) >= 11 is 0. The number of hydrogen-bond donors (Lipinski definition) is 2. The number of piperidine rings is 1. The molecule has 3 aromatic heterocycles. The van der Waals surface area contributed by atoms with Crippen molar-refractivity contribution >= 4 is 5.95 Å². The largest absolute Gasteiger partial charge is 0.371 e. The van der Waals surface area contributed by atoms with E-state index in [0.717, 1.165) is 36.2 Å². The molecule has 3 N–H and O–H groups in total. The Bertz CT molecular complexity index is 1810. The molecular weight excluding hydrogens is 571 g/mol. The van der Waals surface area contributed by atoms with Crippen LogP contribution in [0.25, 0.3) is 22.6 Å². The van der Waals surface area contributed by atoms with Crippen molar-refractivity contribution in [1.29, 1.82) is 0 Å². The zero-order valence-corrected chi connectivity index (χ0v) is 23.5. The molecule has 0 radical (unpaired) electrons. The monoisotopic (exact) mass is 599 g/mol. The van der Waals surface area contributed by atoms with Crippen LogP contribution in [-0.2, 0) is 12.1 Å². The summed E-state index contributed by atoms with van der Waals surface area (Å²) in [6, 6.07) is 11.0. The van der Waals surface area contributed by atoms with Crippen LogP contribution in [0.1, 0.15) is 24.4 Å². The third-order valence-electron chi connectivity index (χ3n) is 7.61. The van der Waals surface area contributed by atoms with Crippen molar-refractivity contribution in [2.24, 2.45) is 0 Å². The molecule has 5 aromatic rings. The summed E-state index contributed by atoms with van der Waals surface area (Å²) in [6.07, 6.45) is 7.59. The van der Waals surface area contributed by atoms with Gasteiger partial charge in [0.1, 0.15) is 30.1 Å². The van der Waals surface area contributed by atoms with Crippen LogP contribution in [0, 0.1) is 29.3 Å². The third-order valence-corrected chi connectivity index (χ3v) is 7.61. The predicted molar refractivity (Wildman–Crippen MR) is 156 cm³/mol. The number of nitrogens with two attached hydrogens (primary N) is 1. The van der Waals surface area contributed by atoms with Crippen LogP contribution in [0.4, 0.5) is 19.1 Å². The molecule has 0 spiro atoms. The molecular formula is C31H28F3N9O. The van der Waals surface area contributed by atoms with Gasteiger partial charge in [-0.15, -0.1) is 0 Å². The number of aliphatic hydroxyl groups is 1. The Morgan fingerprint density at radius 3 is 2.45 bits per heavy atom. The van der Waals surface area contributed by atoms with Gasteiger partial charge in [-0.3, -0.25) is 4.90 Å². The van der Waals surface area contributed by atoms with Crippen LogP contribution in [0.3, 0.4) is 0 Å². The van der Waals surface area contributed by atoms with Gasteiger partial charge in [0.15, 0.2) is 5.60 Å². The maximum absolute atomic E-state index is 14.7. The molecule has 1 saturated heterocycles. The molecule has 0 aliphatic carbocycles. The first-order chi connectivity index (χ1) is 21.3. The van der Waals surface area contributed by atoms with Crippen LogP contribution >= 0.6 is 0 Å². The number of hydrogen-bond acceptors (Lipinski definition) is 8. The zero-order chi connectivity index (χ0) is 30.7. The van der Waals surface area contributed by atoms with E-state index in [2.05, 4.69) is 46.3 Å². The van der Waals surface area contributed by atoms with Crippen molar-refractivity contribution in [3.8, 4) is 34.5 Å². The molecule has 4 heterocycles. The topological polar surface area (TPSA) is 124 Å². The quantitative estimate of drug-likeness (QED) is 0.271. The second kappa shape index (κ2) is 12.3. The molecule has 1 aliphatic rings. The Morgan fingerprint density at radius 2 is 1.75 bits per heavy atom. The molecule has 224 valence electrons.